The third-order valence-corrected chi connectivity index (χ3v) is 11.3. The molecule has 3 aromatic carbocycles. The molecule has 1 heterocycles. The Labute approximate surface area is 293 Å². The number of nitrogens with one attached hydrogen (secondary N) is 1. The van der Waals surface area contributed by atoms with Gasteiger partial charge in [0.1, 0.15) is 0 Å². The van der Waals surface area contributed by atoms with E-state index in [4.69, 9.17) is 4.74 Å². The largest absolute Gasteiger partial charge is 0.393 e. The van der Waals surface area contributed by atoms with Crippen molar-refractivity contribution in [3.63, 3.8) is 0 Å². The predicted octanol–water partition coefficient (Wildman–Crippen LogP) is 7.95. The molecule has 266 valence electrons. The van der Waals surface area contributed by atoms with Crippen LogP contribution in [-0.2, 0) is 11.2 Å². The van der Waals surface area contributed by atoms with Gasteiger partial charge in [-0.1, -0.05) is 48.9 Å². The minimum atomic E-state index is -1.33. The number of aliphatic hydroxyl groups is 2. The number of fused-ring (bicyclic) bond motifs is 8. The van der Waals surface area contributed by atoms with E-state index in [0.29, 0.717) is 74.9 Å². The third-order valence-electron chi connectivity index (χ3n) is 11.3. The molecule has 1 saturated carbocycles. The fraction of sp³-hybridized carbons (Fsp3) is 0.463. The summed E-state index contributed by atoms with van der Waals surface area (Å²) in [5.41, 5.74) is 1.55. The average molecular weight is 687 g/mol. The summed E-state index contributed by atoms with van der Waals surface area (Å²) >= 11 is 0. The summed E-state index contributed by atoms with van der Waals surface area (Å²) in [6, 6.07) is 17.7. The highest BCUT2D eigenvalue weighted by molar-refractivity contribution is 6.10. The van der Waals surface area contributed by atoms with Crippen LogP contribution in [0.15, 0.2) is 78.4 Å². The van der Waals surface area contributed by atoms with Gasteiger partial charge in [0, 0.05) is 35.4 Å². The number of carbonyl (C=O) groups excluding carboxylic acids is 2. The van der Waals surface area contributed by atoms with E-state index in [1.807, 2.05) is 42.5 Å². The summed E-state index contributed by atoms with van der Waals surface area (Å²) in [5, 5.41) is 26.8. The van der Waals surface area contributed by atoms with Gasteiger partial charge >= 0.3 is 6.03 Å². The normalized spacial score (nSPS) is 26.9. The Balaban J connectivity index is 1.41. The molecule has 2 bridgehead atoms. The number of halogens is 2. The Hall–Kier alpha value is -3.92. The van der Waals surface area contributed by atoms with Gasteiger partial charge in [0.15, 0.2) is 17.4 Å². The van der Waals surface area contributed by atoms with Gasteiger partial charge in [0.2, 0.25) is 0 Å². The number of rotatable bonds is 7. The minimum Gasteiger partial charge on any atom is -0.393 e. The number of carbonyl (C=O) groups is 2. The SMILES string of the molecule is CC1=CCC[C@@]2(C)[C@@H](CC[C@@]2(O)CN(C[C@H]2CCCO2)C(=O)Nc2ccccc2)c2ccc(cc2C(=O)c2ccc(F)c(F)c2)C[C@@H](O)CC1. The first-order chi connectivity index (χ1) is 24.0. The van der Waals surface area contributed by atoms with Crippen molar-refractivity contribution in [2.75, 3.05) is 25.0 Å². The summed E-state index contributed by atoms with van der Waals surface area (Å²) in [5.74, 6) is -2.88. The van der Waals surface area contributed by atoms with Crippen molar-refractivity contribution in [3.8, 4) is 0 Å². The Bertz CT molecular complexity index is 1730. The molecule has 2 amide bonds. The van der Waals surface area contributed by atoms with Gasteiger partial charge in [-0.15, -0.1) is 0 Å². The van der Waals surface area contributed by atoms with Crippen molar-refractivity contribution in [2.45, 2.75) is 95.4 Å². The summed E-state index contributed by atoms with van der Waals surface area (Å²) < 4.78 is 34.2. The lowest BCUT2D eigenvalue weighted by atomic mass is 9.64. The second-order valence-corrected chi connectivity index (χ2v) is 14.7. The number of benzene rings is 3. The molecular formula is C41H48F2N2O5. The van der Waals surface area contributed by atoms with E-state index >= 15 is 0 Å². The molecule has 3 N–H and O–H groups in total. The second kappa shape index (κ2) is 15.1. The predicted molar refractivity (Wildman–Crippen MR) is 189 cm³/mol. The minimum absolute atomic E-state index is 0.0257. The number of para-hydroxylation sites is 1. The Kier molecular flexibility index (Phi) is 10.9. The molecule has 5 atom stereocenters. The molecule has 0 unspecified atom stereocenters. The number of amides is 2. The van der Waals surface area contributed by atoms with Crippen LogP contribution in [0, 0.1) is 17.0 Å². The molecule has 3 aliphatic carbocycles. The van der Waals surface area contributed by atoms with Crippen LogP contribution in [-0.4, -0.2) is 64.4 Å². The zero-order chi connectivity index (χ0) is 35.5. The zero-order valence-corrected chi connectivity index (χ0v) is 29.0. The van der Waals surface area contributed by atoms with Gasteiger partial charge < -0.3 is 25.2 Å². The highest BCUT2D eigenvalue weighted by atomic mass is 19.2. The van der Waals surface area contributed by atoms with Crippen molar-refractivity contribution in [3.05, 3.63) is 112 Å². The first-order valence-electron chi connectivity index (χ1n) is 17.9. The molecule has 0 spiro atoms. The van der Waals surface area contributed by atoms with Gasteiger partial charge in [-0.2, -0.15) is 0 Å². The molecular weight excluding hydrogens is 638 g/mol. The average Bonchev–Trinajstić information content (AvgIpc) is 3.70. The maximum atomic E-state index is 14.4. The van der Waals surface area contributed by atoms with Gasteiger partial charge in [0.25, 0.3) is 0 Å². The van der Waals surface area contributed by atoms with E-state index in [9.17, 15) is 28.6 Å². The lowest BCUT2D eigenvalue weighted by Gasteiger charge is -2.46. The van der Waals surface area contributed by atoms with Crippen molar-refractivity contribution >= 4 is 17.5 Å². The summed E-state index contributed by atoms with van der Waals surface area (Å²) in [7, 11) is 0. The van der Waals surface area contributed by atoms with Crippen LogP contribution in [0.5, 0.6) is 0 Å². The molecule has 2 fully saturated rings. The number of aliphatic hydroxyl groups excluding tert-OH is 1. The van der Waals surface area contributed by atoms with E-state index in [1.165, 1.54) is 6.07 Å². The Morgan fingerprint density at radius 3 is 2.54 bits per heavy atom. The van der Waals surface area contributed by atoms with Crippen LogP contribution in [0.4, 0.5) is 19.3 Å². The number of urea groups is 1. The van der Waals surface area contributed by atoms with Crippen LogP contribution in [0.2, 0.25) is 0 Å². The number of hydrogen-bond acceptors (Lipinski definition) is 5. The smallest absolute Gasteiger partial charge is 0.322 e. The number of allylic oxidation sites excluding steroid dienone is 2. The molecule has 50 heavy (non-hydrogen) atoms. The summed E-state index contributed by atoms with van der Waals surface area (Å²) in [6.07, 6.45) is 6.92. The Morgan fingerprint density at radius 2 is 1.80 bits per heavy atom. The third kappa shape index (κ3) is 7.70. The van der Waals surface area contributed by atoms with Crippen LogP contribution in [0.3, 0.4) is 0 Å². The van der Waals surface area contributed by atoms with E-state index in [0.717, 1.165) is 36.1 Å². The zero-order valence-electron chi connectivity index (χ0n) is 29.0. The topological polar surface area (TPSA) is 99.1 Å². The summed E-state index contributed by atoms with van der Waals surface area (Å²) in [6.45, 7) is 5.15. The fourth-order valence-corrected chi connectivity index (χ4v) is 8.28. The standard InChI is InChI=1S/C41H48F2N2O5/c1-27-8-6-19-40(2)35(18-20-41(40,49)26-45(25-32-11-7-21-50-32)39(48)44-30-9-4-3-5-10-30)33-16-13-28(22-31(46)15-12-27)23-34(33)38(47)29-14-17-36(42)37(43)24-29/h3-5,8-10,13-14,16-17,23-24,31-32,35,46,49H,6-7,11-12,15,18-22,25-26H2,1-2H3,(H,44,48)/t31-,32+,35-,40-,41+/m0/s1. The van der Waals surface area contributed by atoms with Crippen LogP contribution in [0.25, 0.3) is 0 Å². The lowest BCUT2D eigenvalue weighted by Crippen LogP contribution is -2.55. The highest BCUT2D eigenvalue weighted by Crippen LogP contribution is 2.59. The van der Waals surface area contributed by atoms with Crippen LogP contribution >= 0.6 is 0 Å². The van der Waals surface area contributed by atoms with E-state index in [2.05, 4.69) is 25.2 Å². The van der Waals surface area contributed by atoms with Gasteiger partial charge in [0.05, 0.1) is 24.4 Å². The van der Waals surface area contributed by atoms with E-state index in [-0.39, 0.29) is 30.2 Å². The van der Waals surface area contributed by atoms with Crippen LogP contribution < -0.4 is 5.32 Å². The van der Waals surface area contributed by atoms with Gasteiger partial charge in [-0.25, -0.2) is 13.6 Å². The maximum absolute atomic E-state index is 14.4. The number of ketones is 1. The Morgan fingerprint density at radius 1 is 1.00 bits per heavy atom. The van der Waals surface area contributed by atoms with Gasteiger partial charge in [-0.3, -0.25) is 4.79 Å². The summed E-state index contributed by atoms with van der Waals surface area (Å²) in [4.78, 5) is 29.8. The number of ether oxygens (including phenoxy) is 1. The number of nitrogens with zero attached hydrogens (tertiary/aromatic N) is 1. The fourth-order valence-electron chi connectivity index (χ4n) is 8.28. The molecule has 9 heteroatoms. The molecule has 7 rings (SSSR count). The van der Waals surface area contributed by atoms with E-state index in [1.54, 1.807) is 11.0 Å². The molecule has 1 saturated heterocycles. The van der Waals surface area contributed by atoms with Gasteiger partial charge in [-0.05, 0) is 118 Å². The lowest BCUT2D eigenvalue weighted by molar-refractivity contribution is -0.0799. The molecule has 3 aromatic rings. The second-order valence-electron chi connectivity index (χ2n) is 14.7. The molecule has 1 aliphatic heterocycles. The molecule has 4 aliphatic rings. The first-order valence-corrected chi connectivity index (χ1v) is 17.9. The number of anilines is 1. The van der Waals surface area contributed by atoms with E-state index < -0.39 is 34.5 Å². The number of hydrogen-bond donors (Lipinski definition) is 3. The molecule has 0 radical (unpaired) electrons. The molecule has 0 aromatic heterocycles. The van der Waals surface area contributed by atoms with Crippen molar-refractivity contribution in [1.82, 2.24) is 4.90 Å². The highest BCUT2D eigenvalue weighted by Gasteiger charge is 2.57. The van der Waals surface area contributed by atoms with Crippen LogP contribution in [0.1, 0.15) is 98.2 Å². The van der Waals surface area contributed by atoms with Crippen molar-refractivity contribution in [1.29, 1.82) is 0 Å². The first kappa shape index (κ1) is 35.9. The quantitative estimate of drug-likeness (QED) is 0.173. The maximum Gasteiger partial charge on any atom is 0.322 e. The van der Waals surface area contributed by atoms with Crippen molar-refractivity contribution in [2.24, 2.45) is 5.41 Å². The molecule has 7 nitrogen and oxygen atoms in total. The monoisotopic (exact) mass is 686 g/mol. The van der Waals surface area contributed by atoms with Crippen molar-refractivity contribution < 1.29 is 33.3 Å².